The van der Waals surface area contributed by atoms with E-state index < -0.39 is 6.10 Å². The van der Waals surface area contributed by atoms with Gasteiger partial charge >= 0.3 is 0 Å². The molecule has 0 aliphatic heterocycles. The van der Waals surface area contributed by atoms with Crippen LogP contribution in [0.4, 0.5) is 5.82 Å². The van der Waals surface area contributed by atoms with Gasteiger partial charge < -0.3 is 15.3 Å². The first-order chi connectivity index (χ1) is 8.58. The predicted octanol–water partition coefficient (Wildman–Crippen LogP) is 1.10. The Hall–Kier alpha value is -1.62. The molecule has 0 unspecified atom stereocenters. The van der Waals surface area contributed by atoms with E-state index in [0.717, 1.165) is 24.3 Å². The normalized spacial score (nSPS) is 12.0. The summed E-state index contributed by atoms with van der Waals surface area (Å²) in [5, 5.41) is 12.0. The highest BCUT2D eigenvalue weighted by Crippen LogP contribution is 2.15. The Morgan fingerprint density at radius 3 is 2.72 bits per heavy atom. The molecule has 5 heteroatoms. The molecule has 1 atom stereocenters. The number of rotatable bonds is 6. The van der Waals surface area contributed by atoms with Crippen molar-refractivity contribution in [1.82, 2.24) is 10.3 Å². The monoisotopic (exact) mass is 251 g/mol. The first-order valence-electron chi connectivity index (χ1n) is 6.18. The average Bonchev–Trinajstić information content (AvgIpc) is 2.38. The molecule has 0 saturated carbocycles. The number of carbonyl (C=O) groups is 1. The van der Waals surface area contributed by atoms with E-state index in [2.05, 4.69) is 17.2 Å². The maximum Gasteiger partial charge on any atom is 0.239 e. The van der Waals surface area contributed by atoms with Gasteiger partial charge in [0, 0.05) is 19.8 Å². The molecule has 1 aromatic rings. The number of carbonyl (C=O) groups excluding carboxylic acids is 1. The summed E-state index contributed by atoms with van der Waals surface area (Å²) in [7, 11) is 1.62. The lowest BCUT2D eigenvalue weighted by Gasteiger charge is -2.22. The molecule has 2 N–H and O–H groups in total. The summed E-state index contributed by atoms with van der Waals surface area (Å²) in [4.78, 5) is 17.6. The standard InChI is InChI=1S/C13H21N3O2/c1-4-7-16(9-13(18)14-3)12-6-5-11(8-15-12)10(2)17/h5-6,8,10,17H,4,7,9H2,1-3H3,(H,14,18)/t10-/m0/s1. The number of amides is 1. The van der Waals surface area contributed by atoms with Crippen LogP contribution < -0.4 is 10.2 Å². The number of nitrogens with one attached hydrogen (secondary N) is 1. The molecular formula is C13H21N3O2. The molecule has 1 amide bonds. The van der Waals surface area contributed by atoms with Gasteiger partial charge in [0.15, 0.2) is 0 Å². The van der Waals surface area contributed by atoms with Gasteiger partial charge in [0.25, 0.3) is 0 Å². The van der Waals surface area contributed by atoms with Gasteiger partial charge in [-0.25, -0.2) is 4.98 Å². The quantitative estimate of drug-likeness (QED) is 0.794. The zero-order chi connectivity index (χ0) is 13.5. The van der Waals surface area contributed by atoms with Crippen LogP contribution in [-0.2, 0) is 4.79 Å². The number of likely N-dealkylation sites (N-methyl/N-ethyl adjacent to an activating group) is 1. The molecule has 0 radical (unpaired) electrons. The maximum absolute atomic E-state index is 11.4. The van der Waals surface area contributed by atoms with E-state index in [4.69, 9.17) is 0 Å². The van der Waals surface area contributed by atoms with Crippen molar-refractivity contribution < 1.29 is 9.90 Å². The summed E-state index contributed by atoms with van der Waals surface area (Å²) < 4.78 is 0. The Bertz CT molecular complexity index is 376. The Kier molecular flexibility index (Phi) is 5.58. The van der Waals surface area contributed by atoms with Crippen molar-refractivity contribution >= 4 is 11.7 Å². The van der Waals surface area contributed by atoms with Crippen LogP contribution in [0.3, 0.4) is 0 Å². The van der Waals surface area contributed by atoms with Crippen LogP contribution in [0.2, 0.25) is 0 Å². The Labute approximate surface area is 108 Å². The van der Waals surface area contributed by atoms with Crippen LogP contribution in [0, 0.1) is 0 Å². The molecule has 0 aliphatic rings. The number of hydrogen-bond acceptors (Lipinski definition) is 4. The Balaban J connectivity index is 2.81. The fraction of sp³-hybridized carbons (Fsp3) is 0.538. The molecule has 5 nitrogen and oxygen atoms in total. The van der Waals surface area contributed by atoms with Crippen molar-refractivity contribution in [2.45, 2.75) is 26.4 Å². The highest BCUT2D eigenvalue weighted by atomic mass is 16.3. The number of hydrogen-bond donors (Lipinski definition) is 2. The summed E-state index contributed by atoms with van der Waals surface area (Å²) >= 11 is 0. The summed E-state index contributed by atoms with van der Waals surface area (Å²) in [6.45, 7) is 4.83. The molecule has 1 heterocycles. The van der Waals surface area contributed by atoms with E-state index in [0.29, 0.717) is 6.54 Å². The van der Waals surface area contributed by atoms with Crippen LogP contribution in [0.25, 0.3) is 0 Å². The molecule has 18 heavy (non-hydrogen) atoms. The molecule has 0 fully saturated rings. The molecule has 1 aromatic heterocycles. The van der Waals surface area contributed by atoms with Gasteiger partial charge in [-0.05, 0) is 25.0 Å². The van der Waals surface area contributed by atoms with E-state index in [1.54, 1.807) is 20.2 Å². The van der Waals surface area contributed by atoms with E-state index in [1.807, 2.05) is 17.0 Å². The van der Waals surface area contributed by atoms with Gasteiger partial charge in [-0.2, -0.15) is 0 Å². The molecule has 0 aliphatic carbocycles. The van der Waals surface area contributed by atoms with Crippen molar-refractivity contribution in [2.24, 2.45) is 0 Å². The average molecular weight is 251 g/mol. The minimum absolute atomic E-state index is 0.0372. The number of aromatic nitrogens is 1. The number of nitrogens with zero attached hydrogens (tertiary/aromatic N) is 2. The van der Waals surface area contributed by atoms with Crippen molar-refractivity contribution in [3.05, 3.63) is 23.9 Å². The second-order valence-corrected chi connectivity index (χ2v) is 4.22. The third-order valence-corrected chi connectivity index (χ3v) is 2.68. The van der Waals surface area contributed by atoms with Crippen LogP contribution in [-0.4, -0.2) is 36.1 Å². The number of anilines is 1. The smallest absolute Gasteiger partial charge is 0.239 e. The Morgan fingerprint density at radius 1 is 1.56 bits per heavy atom. The summed E-state index contributed by atoms with van der Waals surface area (Å²) in [6, 6.07) is 3.67. The Morgan fingerprint density at radius 2 is 2.28 bits per heavy atom. The molecule has 1 rings (SSSR count). The van der Waals surface area contributed by atoms with Crippen LogP contribution in [0.5, 0.6) is 0 Å². The number of aliphatic hydroxyl groups excluding tert-OH is 1. The van der Waals surface area contributed by atoms with Gasteiger partial charge in [-0.3, -0.25) is 4.79 Å². The first-order valence-corrected chi connectivity index (χ1v) is 6.18. The van der Waals surface area contributed by atoms with Gasteiger partial charge in [0.2, 0.25) is 5.91 Å². The lowest BCUT2D eigenvalue weighted by atomic mass is 10.2. The minimum atomic E-state index is -0.523. The second-order valence-electron chi connectivity index (χ2n) is 4.22. The van der Waals surface area contributed by atoms with Gasteiger partial charge in [-0.15, -0.1) is 0 Å². The summed E-state index contributed by atoms with van der Waals surface area (Å²) in [5.41, 5.74) is 0.773. The molecule has 0 aromatic carbocycles. The lowest BCUT2D eigenvalue weighted by molar-refractivity contribution is -0.119. The first kappa shape index (κ1) is 14.4. The van der Waals surface area contributed by atoms with Crippen LogP contribution >= 0.6 is 0 Å². The lowest BCUT2D eigenvalue weighted by Crippen LogP contribution is -2.36. The number of aliphatic hydroxyl groups is 1. The van der Waals surface area contributed by atoms with Crippen molar-refractivity contribution in [2.75, 3.05) is 25.0 Å². The molecule has 0 spiro atoms. The zero-order valence-electron chi connectivity index (χ0n) is 11.2. The zero-order valence-corrected chi connectivity index (χ0v) is 11.2. The van der Waals surface area contributed by atoms with E-state index in [1.165, 1.54) is 0 Å². The SMILES string of the molecule is CCCN(CC(=O)NC)c1ccc([C@H](C)O)cn1. The van der Waals surface area contributed by atoms with E-state index in [-0.39, 0.29) is 5.91 Å². The second kappa shape index (κ2) is 6.96. The topological polar surface area (TPSA) is 65.5 Å². The van der Waals surface area contributed by atoms with Gasteiger partial charge in [0.05, 0.1) is 12.6 Å². The fourth-order valence-corrected chi connectivity index (χ4v) is 1.63. The largest absolute Gasteiger partial charge is 0.389 e. The molecule has 0 saturated heterocycles. The van der Waals surface area contributed by atoms with Crippen molar-refractivity contribution in [3.63, 3.8) is 0 Å². The van der Waals surface area contributed by atoms with E-state index >= 15 is 0 Å². The van der Waals surface area contributed by atoms with Gasteiger partial charge in [-0.1, -0.05) is 13.0 Å². The molecule has 100 valence electrons. The van der Waals surface area contributed by atoms with Crippen molar-refractivity contribution in [1.29, 1.82) is 0 Å². The van der Waals surface area contributed by atoms with E-state index in [9.17, 15) is 9.90 Å². The summed E-state index contributed by atoms with van der Waals surface area (Å²) in [6.07, 6.45) is 2.06. The minimum Gasteiger partial charge on any atom is -0.389 e. The highest BCUT2D eigenvalue weighted by molar-refractivity contribution is 5.80. The molecule has 0 bridgehead atoms. The predicted molar refractivity (Wildman–Crippen MR) is 71.4 cm³/mol. The van der Waals surface area contributed by atoms with Crippen LogP contribution in [0.15, 0.2) is 18.3 Å². The third-order valence-electron chi connectivity index (χ3n) is 2.68. The number of pyridine rings is 1. The highest BCUT2D eigenvalue weighted by Gasteiger charge is 2.11. The summed E-state index contributed by atoms with van der Waals surface area (Å²) in [5.74, 6) is 0.717. The van der Waals surface area contributed by atoms with Gasteiger partial charge in [0.1, 0.15) is 5.82 Å². The fourth-order valence-electron chi connectivity index (χ4n) is 1.63. The third kappa shape index (κ3) is 4.00. The maximum atomic E-state index is 11.4. The van der Waals surface area contributed by atoms with Crippen molar-refractivity contribution in [3.8, 4) is 0 Å². The molecular weight excluding hydrogens is 230 g/mol. The van der Waals surface area contributed by atoms with Crippen LogP contribution in [0.1, 0.15) is 31.9 Å².